The molecule has 1 aliphatic heterocycles. The topological polar surface area (TPSA) is 43.4 Å². The second-order valence-electron chi connectivity index (χ2n) is 6.44. The van der Waals surface area contributed by atoms with Crippen LogP contribution >= 0.6 is 0 Å². The largest absolute Gasteiger partial charge is 0.469 e. The highest BCUT2D eigenvalue weighted by molar-refractivity contribution is 5.26. The van der Waals surface area contributed by atoms with Crippen molar-refractivity contribution in [1.82, 2.24) is 10.3 Å². The van der Waals surface area contributed by atoms with Crippen LogP contribution in [0.3, 0.4) is 0 Å². The number of hydrogen-bond donors (Lipinski definition) is 1. The monoisotopic (exact) mass is 278 g/mol. The Labute approximate surface area is 121 Å². The predicted molar refractivity (Wildman–Crippen MR) is 80.1 cm³/mol. The fraction of sp³-hybridized carbons (Fsp3) is 0.688. The molecule has 112 valence electrons. The average Bonchev–Trinajstić information content (AvgIpc) is 2.31. The van der Waals surface area contributed by atoms with Crippen molar-refractivity contribution in [3.8, 4) is 5.88 Å². The number of ether oxygens (including phenoxy) is 2. The second-order valence-corrected chi connectivity index (χ2v) is 6.44. The normalized spacial score (nSPS) is 16.0. The Morgan fingerprint density at radius 1 is 1.35 bits per heavy atom. The summed E-state index contributed by atoms with van der Waals surface area (Å²) in [6.07, 6.45) is 2.25. The molecule has 0 amide bonds. The van der Waals surface area contributed by atoms with Gasteiger partial charge in [-0.2, -0.15) is 0 Å². The number of rotatable bonds is 6. The summed E-state index contributed by atoms with van der Waals surface area (Å²) in [7, 11) is 0. The molecule has 0 aromatic carbocycles. The Balaban J connectivity index is 2.07. The second kappa shape index (κ2) is 6.55. The summed E-state index contributed by atoms with van der Waals surface area (Å²) in [5.74, 6) is 0.731. The molecule has 4 nitrogen and oxygen atoms in total. The van der Waals surface area contributed by atoms with Gasteiger partial charge in [-0.05, 0) is 38.8 Å². The molecule has 1 aliphatic rings. The molecule has 1 saturated heterocycles. The van der Waals surface area contributed by atoms with E-state index in [9.17, 15) is 0 Å². The van der Waals surface area contributed by atoms with E-state index in [1.165, 1.54) is 5.56 Å². The summed E-state index contributed by atoms with van der Waals surface area (Å²) >= 11 is 0. The zero-order chi connectivity index (χ0) is 14.6. The molecule has 0 unspecified atom stereocenters. The SMILES string of the molecule is CCCc1cc(CNC(C)(C)C)cc(OC2COC2)n1. The average molecular weight is 278 g/mol. The highest BCUT2D eigenvalue weighted by atomic mass is 16.6. The van der Waals surface area contributed by atoms with E-state index in [0.717, 1.165) is 31.0 Å². The van der Waals surface area contributed by atoms with Crippen LogP contribution in [0, 0.1) is 0 Å². The van der Waals surface area contributed by atoms with Gasteiger partial charge in [0.1, 0.15) is 6.10 Å². The molecule has 1 N–H and O–H groups in total. The lowest BCUT2D eigenvalue weighted by Gasteiger charge is -2.26. The molecule has 0 radical (unpaired) electrons. The van der Waals surface area contributed by atoms with E-state index in [1.54, 1.807) is 0 Å². The van der Waals surface area contributed by atoms with Gasteiger partial charge in [0.05, 0.1) is 13.2 Å². The third-order valence-electron chi connectivity index (χ3n) is 3.14. The Kier molecular flexibility index (Phi) is 5.00. The smallest absolute Gasteiger partial charge is 0.214 e. The number of nitrogens with one attached hydrogen (secondary N) is 1. The summed E-state index contributed by atoms with van der Waals surface area (Å²) in [5, 5.41) is 3.51. The van der Waals surface area contributed by atoms with Gasteiger partial charge in [-0.1, -0.05) is 13.3 Å². The molecule has 0 atom stereocenters. The van der Waals surface area contributed by atoms with Gasteiger partial charge in [0.25, 0.3) is 0 Å². The molecule has 20 heavy (non-hydrogen) atoms. The van der Waals surface area contributed by atoms with E-state index in [-0.39, 0.29) is 11.6 Å². The Bertz CT molecular complexity index is 437. The van der Waals surface area contributed by atoms with Crippen LogP contribution in [-0.2, 0) is 17.7 Å². The van der Waals surface area contributed by atoms with E-state index in [0.29, 0.717) is 13.2 Å². The number of hydrogen-bond acceptors (Lipinski definition) is 4. The summed E-state index contributed by atoms with van der Waals surface area (Å²) in [5.41, 5.74) is 2.45. The Hall–Kier alpha value is -1.13. The van der Waals surface area contributed by atoms with Crippen molar-refractivity contribution >= 4 is 0 Å². The first-order valence-electron chi connectivity index (χ1n) is 7.45. The molecule has 1 aromatic heterocycles. The van der Waals surface area contributed by atoms with Crippen molar-refractivity contribution in [2.24, 2.45) is 0 Å². The third kappa shape index (κ3) is 4.76. The van der Waals surface area contributed by atoms with Gasteiger partial charge in [0, 0.05) is 23.8 Å². The third-order valence-corrected chi connectivity index (χ3v) is 3.14. The number of aryl methyl sites for hydroxylation is 1. The number of aromatic nitrogens is 1. The van der Waals surface area contributed by atoms with Crippen molar-refractivity contribution in [3.63, 3.8) is 0 Å². The van der Waals surface area contributed by atoms with Crippen molar-refractivity contribution < 1.29 is 9.47 Å². The standard InChI is InChI=1S/C16H26N2O2/c1-5-6-13-7-12(9-17-16(2,3)4)8-15(18-13)20-14-10-19-11-14/h7-8,14,17H,5-6,9-11H2,1-4H3. The highest BCUT2D eigenvalue weighted by Crippen LogP contribution is 2.18. The molecular weight excluding hydrogens is 252 g/mol. The minimum atomic E-state index is 0.108. The van der Waals surface area contributed by atoms with E-state index in [1.807, 2.05) is 6.07 Å². The van der Waals surface area contributed by atoms with Gasteiger partial charge < -0.3 is 14.8 Å². The first-order chi connectivity index (χ1) is 9.46. The zero-order valence-electron chi connectivity index (χ0n) is 13.0. The summed E-state index contributed by atoms with van der Waals surface area (Å²) in [6, 6.07) is 4.21. The Morgan fingerprint density at radius 2 is 2.10 bits per heavy atom. The summed E-state index contributed by atoms with van der Waals surface area (Å²) in [4.78, 5) is 4.58. The molecule has 0 bridgehead atoms. The van der Waals surface area contributed by atoms with Crippen molar-refractivity contribution in [1.29, 1.82) is 0 Å². The molecule has 0 spiro atoms. The Morgan fingerprint density at radius 3 is 2.65 bits per heavy atom. The van der Waals surface area contributed by atoms with Gasteiger partial charge in [-0.3, -0.25) is 0 Å². The van der Waals surface area contributed by atoms with Crippen molar-refractivity contribution in [2.75, 3.05) is 13.2 Å². The van der Waals surface area contributed by atoms with E-state index < -0.39 is 0 Å². The quantitative estimate of drug-likeness (QED) is 0.869. The van der Waals surface area contributed by atoms with Gasteiger partial charge in [0.2, 0.25) is 5.88 Å². The fourth-order valence-electron chi connectivity index (χ4n) is 1.99. The molecule has 2 heterocycles. The summed E-state index contributed by atoms with van der Waals surface area (Å²) in [6.45, 7) is 10.9. The number of nitrogens with zero attached hydrogens (tertiary/aromatic N) is 1. The van der Waals surface area contributed by atoms with Gasteiger partial charge in [0.15, 0.2) is 0 Å². The lowest BCUT2D eigenvalue weighted by molar-refractivity contribution is -0.0814. The highest BCUT2D eigenvalue weighted by Gasteiger charge is 2.21. The van der Waals surface area contributed by atoms with Crippen LogP contribution in [0.2, 0.25) is 0 Å². The minimum Gasteiger partial charge on any atom is -0.469 e. The maximum atomic E-state index is 5.85. The minimum absolute atomic E-state index is 0.108. The van der Waals surface area contributed by atoms with Crippen LogP contribution in [0.15, 0.2) is 12.1 Å². The lowest BCUT2D eigenvalue weighted by Crippen LogP contribution is -2.39. The first-order valence-corrected chi connectivity index (χ1v) is 7.45. The molecular formula is C16H26N2O2. The van der Waals surface area contributed by atoms with Crippen LogP contribution in [0.25, 0.3) is 0 Å². The molecule has 1 fully saturated rings. The van der Waals surface area contributed by atoms with Crippen LogP contribution < -0.4 is 10.1 Å². The molecule has 0 saturated carbocycles. The number of pyridine rings is 1. The molecule has 2 rings (SSSR count). The molecule has 0 aliphatic carbocycles. The van der Waals surface area contributed by atoms with Crippen LogP contribution in [0.4, 0.5) is 0 Å². The van der Waals surface area contributed by atoms with Crippen LogP contribution in [0.5, 0.6) is 5.88 Å². The van der Waals surface area contributed by atoms with Crippen molar-refractivity contribution in [3.05, 3.63) is 23.4 Å². The summed E-state index contributed by atoms with van der Waals surface area (Å²) < 4.78 is 11.0. The first kappa shape index (κ1) is 15.3. The van der Waals surface area contributed by atoms with Crippen molar-refractivity contribution in [2.45, 2.75) is 58.7 Å². The van der Waals surface area contributed by atoms with E-state index in [2.05, 4.69) is 44.1 Å². The maximum absolute atomic E-state index is 5.85. The zero-order valence-corrected chi connectivity index (χ0v) is 13.0. The van der Waals surface area contributed by atoms with E-state index in [4.69, 9.17) is 9.47 Å². The maximum Gasteiger partial charge on any atom is 0.214 e. The van der Waals surface area contributed by atoms with Gasteiger partial charge in [-0.25, -0.2) is 4.98 Å². The molecule has 4 heteroatoms. The predicted octanol–water partition coefficient (Wildman–Crippen LogP) is 2.70. The van der Waals surface area contributed by atoms with Gasteiger partial charge in [-0.15, -0.1) is 0 Å². The van der Waals surface area contributed by atoms with Gasteiger partial charge >= 0.3 is 0 Å². The molecule has 1 aromatic rings. The fourth-order valence-corrected chi connectivity index (χ4v) is 1.99. The van der Waals surface area contributed by atoms with E-state index >= 15 is 0 Å². The van der Waals surface area contributed by atoms with Crippen LogP contribution in [-0.4, -0.2) is 29.8 Å². The lowest BCUT2D eigenvalue weighted by atomic mass is 10.1. The van der Waals surface area contributed by atoms with Crippen LogP contribution in [0.1, 0.15) is 45.4 Å².